The third kappa shape index (κ3) is 5.85. The number of piperidine rings is 1. The first-order valence-electron chi connectivity index (χ1n) is 12.1. The van der Waals surface area contributed by atoms with E-state index in [9.17, 15) is 0 Å². The van der Waals surface area contributed by atoms with E-state index in [1.165, 1.54) is 57.1 Å². The van der Waals surface area contributed by atoms with Crippen molar-refractivity contribution in [2.75, 3.05) is 30.7 Å². The van der Waals surface area contributed by atoms with Crippen LogP contribution in [0.3, 0.4) is 0 Å². The summed E-state index contributed by atoms with van der Waals surface area (Å²) in [4.78, 5) is 7.13. The van der Waals surface area contributed by atoms with Crippen LogP contribution < -0.4 is 11.1 Å². The molecule has 1 aromatic carbocycles. The summed E-state index contributed by atoms with van der Waals surface area (Å²) in [6, 6.07) is 13.2. The molecule has 1 aromatic heterocycles. The predicted molar refractivity (Wildman–Crippen MR) is 130 cm³/mol. The fourth-order valence-corrected chi connectivity index (χ4v) is 5.20. The third-order valence-corrected chi connectivity index (χ3v) is 6.91. The Morgan fingerprint density at radius 3 is 2.68 bits per heavy atom. The number of likely N-dealkylation sites (tertiary alicyclic amines) is 1. The first kappa shape index (κ1) is 21.8. The Balaban J connectivity index is 1.31. The summed E-state index contributed by atoms with van der Waals surface area (Å²) in [5.74, 6) is 1.44. The molecular formula is C26H37N5. The van der Waals surface area contributed by atoms with Gasteiger partial charge in [-0.15, -0.1) is 0 Å². The highest BCUT2D eigenvalue weighted by Gasteiger charge is 2.22. The molecule has 2 aromatic rings. The minimum atomic E-state index is 0.456. The SMILES string of the molecule is N=C(CCCN1CCCC(c2ccccc2)C1)c1c(N)ccnc1NC1CCCCC1. The second-order valence-corrected chi connectivity index (χ2v) is 9.24. The second kappa shape index (κ2) is 10.8. The first-order valence-corrected chi connectivity index (χ1v) is 12.1. The molecular weight excluding hydrogens is 382 g/mol. The van der Waals surface area contributed by atoms with E-state index in [-0.39, 0.29) is 0 Å². The quantitative estimate of drug-likeness (QED) is 0.498. The molecule has 4 N–H and O–H groups in total. The zero-order valence-electron chi connectivity index (χ0n) is 18.7. The van der Waals surface area contributed by atoms with Crippen LogP contribution in [0.1, 0.15) is 74.8 Å². The molecule has 1 unspecified atom stereocenters. The molecule has 0 radical (unpaired) electrons. The minimum absolute atomic E-state index is 0.456. The van der Waals surface area contributed by atoms with E-state index in [4.69, 9.17) is 11.1 Å². The van der Waals surface area contributed by atoms with Crippen molar-refractivity contribution in [2.45, 2.75) is 69.7 Å². The Hall–Kier alpha value is -2.40. The van der Waals surface area contributed by atoms with Crippen molar-refractivity contribution in [1.29, 1.82) is 5.41 Å². The molecule has 1 aliphatic heterocycles. The molecule has 1 saturated carbocycles. The van der Waals surface area contributed by atoms with E-state index in [0.717, 1.165) is 37.3 Å². The fourth-order valence-electron chi connectivity index (χ4n) is 5.20. The standard InChI is InChI=1S/C26H37N5/c27-23(25-24(28)15-16-29-26(25)30-22-12-5-2-6-13-22)14-8-18-31-17-7-11-21(19-31)20-9-3-1-4-10-20/h1,3-4,9-10,15-16,21-22,27H,2,5-8,11-14,17-19H2,(H3,28,29,30). The first-order chi connectivity index (χ1) is 15.2. The normalized spacial score (nSPS) is 20.5. The number of nitrogens with zero attached hydrogens (tertiary/aromatic N) is 2. The molecule has 2 heterocycles. The second-order valence-electron chi connectivity index (χ2n) is 9.24. The van der Waals surface area contributed by atoms with Gasteiger partial charge in [0.25, 0.3) is 0 Å². The molecule has 2 aliphatic rings. The maximum Gasteiger partial charge on any atom is 0.137 e. The van der Waals surface area contributed by atoms with Crippen molar-refractivity contribution in [2.24, 2.45) is 0 Å². The summed E-state index contributed by atoms with van der Waals surface area (Å²) < 4.78 is 0. The van der Waals surface area contributed by atoms with Gasteiger partial charge in [0.2, 0.25) is 0 Å². The van der Waals surface area contributed by atoms with Gasteiger partial charge in [0.05, 0.1) is 5.56 Å². The van der Waals surface area contributed by atoms with Crippen molar-refractivity contribution >= 4 is 17.2 Å². The highest BCUT2D eigenvalue weighted by Crippen LogP contribution is 2.28. The zero-order chi connectivity index (χ0) is 21.5. The fraction of sp³-hybridized carbons (Fsp3) is 0.538. The van der Waals surface area contributed by atoms with Crippen LogP contribution in [0.15, 0.2) is 42.6 Å². The van der Waals surface area contributed by atoms with Gasteiger partial charge >= 0.3 is 0 Å². The van der Waals surface area contributed by atoms with Crippen LogP contribution in [0.4, 0.5) is 11.5 Å². The van der Waals surface area contributed by atoms with E-state index >= 15 is 0 Å². The molecule has 0 amide bonds. The monoisotopic (exact) mass is 419 g/mol. The van der Waals surface area contributed by atoms with Crippen molar-refractivity contribution in [3.63, 3.8) is 0 Å². The minimum Gasteiger partial charge on any atom is -0.398 e. The summed E-state index contributed by atoms with van der Waals surface area (Å²) in [5, 5.41) is 12.3. The van der Waals surface area contributed by atoms with E-state index in [2.05, 4.69) is 45.5 Å². The zero-order valence-corrected chi connectivity index (χ0v) is 18.7. The number of nitrogens with two attached hydrogens (primary N) is 1. The van der Waals surface area contributed by atoms with E-state index in [1.807, 2.05) is 6.07 Å². The van der Waals surface area contributed by atoms with Gasteiger partial charge in [-0.3, -0.25) is 0 Å². The average molecular weight is 420 g/mol. The van der Waals surface area contributed by atoms with Gasteiger partial charge in [0.15, 0.2) is 0 Å². The smallest absolute Gasteiger partial charge is 0.137 e. The molecule has 5 heteroatoms. The van der Waals surface area contributed by atoms with Crippen LogP contribution in [0, 0.1) is 5.41 Å². The van der Waals surface area contributed by atoms with Gasteiger partial charge in [-0.25, -0.2) is 4.98 Å². The molecule has 5 nitrogen and oxygen atoms in total. The topological polar surface area (TPSA) is 78.0 Å². The number of nitrogens with one attached hydrogen (secondary N) is 2. The van der Waals surface area contributed by atoms with Crippen LogP contribution in [0.25, 0.3) is 0 Å². The summed E-state index contributed by atoms with van der Waals surface area (Å²) in [6.45, 7) is 3.33. The van der Waals surface area contributed by atoms with Crippen molar-refractivity contribution in [1.82, 2.24) is 9.88 Å². The van der Waals surface area contributed by atoms with Gasteiger partial charge in [-0.1, -0.05) is 49.6 Å². The highest BCUT2D eigenvalue weighted by atomic mass is 15.1. The Kier molecular flexibility index (Phi) is 7.57. The number of rotatable bonds is 8. The van der Waals surface area contributed by atoms with Crippen LogP contribution in [-0.4, -0.2) is 41.3 Å². The number of aromatic nitrogens is 1. The lowest BCUT2D eigenvalue weighted by Gasteiger charge is -2.33. The lowest BCUT2D eigenvalue weighted by molar-refractivity contribution is 0.207. The van der Waals surface area contributed by atoms with Gasteiger partial charge in [-0.2, -0.15) is 0 Å². The Morgan fingerprint density at radius 1 is 1.06 bits per heavy atom. The average Bonchev–Trinajstić information content (AvgIpc) is 2.80. The van der Waals surface area contributed by atoms with Crippen LogP contribution in [0.2, 0.25) is 0 Å². The van der Waals surface area contributed by atoms with Crippen LogP contribution >= 0.6 is 0 Å². The Morgan fingerprint density at radius 2 is 1.87 bits per heavy atom. The third-order valence-electron chi connectivity index (χ3n) is 6.91. The number of nitrogen functional groups attached to an aromatic ring is 1. The summed E-state index contributed by atoms with van der Waals surface area (Å²) in [5.41, 5.74) is 9.85. The number of anilines is 2. The number of benzene rings is 1. The highest BCUT2D eigenvalue weighted by molar-refractivity contribution is 6.06. The Bertz CT molecular complexity index is 844. The molecule has 166 valence electrons. The molecule has 31 heavy (non-hydrogen) atoms. The van der Waals surface area contributed by atoms with Gasteiger partial charge in [0, 0.05) is 30.2 Å². The number of hydrogen-bond acceptors (Lipinski definition) is 5. The van der Waals surface area contributed by atoms with Gasteiger partial charge in [-0.05, 0) is 69.2 Å². The van der Waals surface area contributed by atoms with E-state index < -0.39 is 0 Å². The number of pyridine rings is 1. The van der Waals surface area contributed by atoms with Gasteiger partial charge < -0.3 is 21.4 Å². The number of hydrogen-bond donors (Lipinski definition) is 3. The van der Waals surface area contributed by atoms with Crippen molar-refractivity contribution < 1.29 is 0 Å². The largest absolute Gasteiger partial charge is 0.398 e. The molecule has 1 saturated heterocycles. The maximum atomic E-state index is 8.74. The summed E-state index contributed by atoms with van der Waals surface area (Å²) >= 11 is 0. The summed E-state index contributed by atoms with van der Waals surface area (Å²) in [7, 11) is 0. The summed E-state index contributed by atoms with van der Waals surface area (Å²) in [6.07, 6.45) is 12.2. The van der Waals surface area contributed by atoms with E-state index in [1.54, 1.807) is 6.20 Å². The van der Waals surface area contributed by atoms with Crippen molar-refractivity contribution in [3.05, 3.63) is 53.7 Å². The maximum absolute atomic E-state index is 8.74. The molecule has 2 fully saturated rings. The Labute approximate surface area is 187 Å². The van der Waals surface area contributed by atoms with Gasteiger partial charge in [0.1, 0.15) is 5.82 Å². The molecule has 1 aliphatic carbocycles. The van der Waals surface area contributed by atoms with Crippen LogP contribution in [0.5, 0.6) is 0 Å². The molecule has 1 atom stereocenters. The van der Waals surface area contributed by atoms with E-state index in [0.29, 0.717) is 23.4 Å². The lowest BCUT2D eigenvalue weighted by Crippen LogP contribution is -2.35. The predicted octanol–water partition coefficient (Wildman–Crippen LogP) is 5.44. The molecule has 4 rings (SSSR count). The molecule has 0 bridgehead atoms. The lowest BCUT2D eigenvalue weighted by atomic mass is 9.90. The molecule has 0 spiro atoms. The van der Waals surface area contributed by atoms with Crippen LogP contribution in [-0.2, 0) is 0 Å². The van der Waals surface area contributed by atoms with Crippen molar-refractivity contribution in [3.8, 4) is 0 Å².